The van der Waals surface area contributed by atoms with Crippen molar-refractivity contribution in [3.8, 4) is 0 Å². The van der Waals surface area contributed by atoms with Gasteiger partial charge in [-0.1, -0.05) is 30.3 Å². The predicted octanol–water partition coefficient (Wildman–Crippen LogP) is 2.62. The summed E-state index contributed by atoms with van der Waals surface area (Å²) in [5, 5.41) is 0. The topological polar surface area (TPSA) is 46.6 Å². The average Bonchev–Trinajstić information content (AvgIpc) is 2.87. The molecule has 0 radical (unpaired) electrons. The van der Waals surface area contributed by atoms with Crippen molar-refractivity contribution < 1.29 is 14.3 Å². The second-order valence-corrected chi connectivity index (χ2v) is 5.65. The maximum Gasteiger partial charge on any atom is 0.410 e. The zero-order valence-corrected chi connectivity index (χ0v) is 11.5. The van der Waals surface area contributed by atoms with Crippen molar-refractivity contribution in [3.63, 3.8) is 0 Å². The van der Waals surface area contributed by atoms with E-state index in [2.05, 4.69) is 0 Å². The Kier molecular flexibility index (Phi) is 3.72. The SMILES string of the molecule is O=C1CC[C@@H]2CN(C(=O)OCc3ccccc3)CC[C@H]12. The number of benzene rings is 1. The minimum atomic E-state index is -0.258. The number of hydrogen-bond donors (Lipinski definition) is 0. The van der Waals surface area contributed by atoms with E-state index < -0.39 is 0 Å². The molecule has 1 aromatic carbocycles. The van der Waals surface area contributed by atoms with Crippen LogP contribution in [0.4, 0.5) is 4.79 Å². The van der Waals surface area contributed by atoms with Gasteiger partial charge in [-0.3, -0.25) is 4.79 Å². The van der Waals surface area contributed by atoms with Gasteiger partial charge in [0.15, 0.2) is 0 Å². The van der Waals surface area contributed by atoms with Crippen LogP contribution in [0.15, 0.2) is 30.3 Å². The molecule has 1 saturated carbocycles. The van der Waals surface area contributed by atoms with E-state index in [1.165, 1.54) is 0 Å². The first-order valence-electron chi connectivity index (χ1n) is 7.22. The molecule has 2 aliphatic rings. The summed E-state index contributed by atoms with van der Waals surface area (Å²) in [4.78, 5) is 25.5. The number of hydrogen-bond acceptors (Lipinski definition) is 3. The Labute approximate surface area is 118 Å². The van der Waals surface area contributed by atoms with Gasteiger partial charge in [0.1, 0.15) is 12.4 Å². The first kappa shape index (κ1) is 13.2. The number of carbonyl (C=O) groups is 2. The number of fused-ring (bicyclic) bond motifs is 1. The molecule has 0 N–H and O–H groups in total. The molecule has 4 nitrogen and oxygen atoms in total. The third kappa shape index (κ3) is 2.69. The van der Waals surface area contributed by atoms with Crippen molar-refractivity contribution >= 4 is 11.9 Å². The van der Waals surface area contributed by atoms with Crippen molar-refractivity contribution in [3.05, 3.63) is 35.9 Å². The predicted molar refractivity (Wildman–Crippen MR) is 74.0 cm³/mol. The largest absolute Gasteiger partial charge is 0.445 e. The molecule has 1 saturated heterocycles. The molecule has 1 aromatic rings. The quantitative estimate of drug-likeness (QED) is 0.832. The van der Waals surface area contributed by atoms with E-state index in [1.54, 1.807) is 4.90 Å². The molecule has 3 rings (SSSR count). The first-order valence-corrected chi connectivity index (χ1v) is 7.22. The summed E-state index contributed by atoms with van der Waals surface area (Å²) in [6.45, 7) is 1.62. The Morgan fingerprint density at radius 3 is 2.85 bits per heavy atom. The van der Waals surface area contributed by atoms with Gasteiger partial charge in [-0.05, 0) is 24.3 Å². The van der Waals surface area contributed by atoms with Crippen LogP contribution in [0.5, 0.6) is 0 Å². The van der Waals surface area contributed by atoms with Crippen LogP contribution in [-0.2, 0) is 16.1 Å². The lowest BCUT2D eigenvalue weighted by Crippen LogP contribution is -2.43. The van der Waals surface area contributed by atoms with Gasteiger partial charge in [0.25, 0.3) is 0 Å². The lowest BCUT2D eigenvalue weighted by molar-refractivity contribution is -0.122. The molecule has 106 valence electrons. The highest BCUT2D eigenvalue weighted by atomic mass is 16.6. The first-order chi connectivity index (χ1) is 9.74. The van der Waals surface area contributed by atoms with E-state index in [-0.39, 0.29) is 12.0 Å². The van der Waals surface area contributed by atoms with E-state index in [0.29, 0.717) is 37.8 Å². The summed E-state index contributed by atoms with van der Waals surface area (Å²) in [5.74, 6) is 0.918. The summed E-state index contributed by atoms with van der Waals surface area (Å²) in [6.07, 6.45) is 2.14. The molecule has 2 fully saturated rings. The maximum absolute atomic E-state index is 12.1. The highest BCUT2D eigenvalue weighted by molar-refractivity contribution is 5.83. The highest BCUT2D eigenvalue weighted by Crippen LogP contribution is 2.35. The van der Waals surface area contributed by atoms with Gasteiger partial charge in [0, 0.05) is 25.4 Å². The molecule has 2 atom stereocenters. The van der Waals surface area contributed by atoms with Crippen LogP contribution in [0.25, 0.3) is 0 Å². The Morgan fingerprint density at radius 1 is 1.25 bits per heavy atom. The van der Waals surface area contributed by atoms with Gasteiger partial charge in [-0.15, -0.1) is 0 Å². The number of nitrogens with zero attached hydrogens (tertiary/aromatic N) is 1. The summed E-state index contributed by atoms with van der Waals surface area (Å²) < 4.78 is 5.34. The fourth-order valence-corrected chi connectivity index (χ4v) is 3.24. The van der Waals surface area contributed by atoms with Crippen LogP contribution >= 0.6 is 0 Å². The second kappa shape index (κ2) is 5.65. The van der Waals surface area contributed by atoms with Crippen molar-refractivity contribution in [2.45, 2.75) is 25.9 Å². The average molecular weight is 273 g/mol. The summed E-state index contributed by atoms with van der Waals surface area (Å²) in [6, 6.07) is 9.68. The van der Waals surface area contributed by atoms with Crippen LogP contribution in [0.1, 0.15) is 24.8 Å². The molecular formula is C16H19NO3. The van der Waals surface area contributed by atoms with E-state index in [4.69, 9.17) is 4.74 Å². The number of amides is 1. The molecule has 0 aromatic heterocycles. The van der Waals surface area contributed by atoms with Crippen molar-refractivity contribution in [1.82, 2.24) is 4.90 Å². The van der Waals surface area contributed by atoms with Gasteiger partial charge in [0.2, 0.25) is 0 Å². The van der Waals surface area contributed by atoms with Gasteiger partial charge in [0.05, 0.1) is 0 Å². The van der Waals surface area contributed by atoms with Crippen molar-refractivity contribution in [1.29, 1.82) is 0 Å². The van der Waals surface area contributed by atoms with E-state index >= 15 is 0 Å². The fourth-order valence-electron chi connectivity index (χ4n) is 3.24. The zero-order chi connectivity index (χ0) is 13.9. The molecule has 1 amide bonds. The number of likely N-dealkylation sites (tertiary alicyclic amines) is 1. The number of ketones is 1. The second-order valence-electron chi connectivity index (χ2n) is 5.65. The molecular weight excluding hydrogens is 254 g/mol. The molecule has 0 spiro atoms. The molecule has 1 aliphatic carbocycles. The molecule has 0 unspecified atom stereocenters. The van der Waals surface area contributed by atoms with E-state index in [0.717, 1.165) is 18.4 Å². The fraction of sp³-hybridized carbons (Fsp3) is 0.500. The summed E-state index contributed by atoms with van der Waals surface area (Å²) in [7, 11) is 0. The molecule has 4 heteroatoms. The lowest BCUT2D eigenvalue weighted by Gasteiger charge is -2.33. The smallest absolute Gasteiger partial charge is 0.410 e. The summed E-state index contributed by atoms with van der Waals surface area (Å²) in [5.41, 5.74) is 0.992. The Hall–Kier alpha value is -1.84. The standard InChI is InChI=1S/C16H19NO3/c18-15-7-6-13-10-17(9-8-14(13)15)16(19)20-11-12-4-2-1-3-5-12/h1-5,13-14H,6-11H2/t13-,14+/m1/s1. The number of ether oxygens (including phenoxy) is 1. The van der Waals surface area contributed by atoms with E-state index in [9.17, 15) is 9.59 Å². The van der Waals surface area contributed by atoms with Gasteiger partial charge in [-0.25, -0.2) is 4.79 Å². The van der Waals surface area contributed by atoms with Crippen molar-refractivity contribution in [2.24, 2.45) is 11.8 Å². The minimum Gasteiger partial charge on any atom is -0.445 e. The summed E-state index contributed by atoms with van der Waals surface area (Å²) >= 11 is 0. The van der Waals surface area contributed by atoms with Gasteiger partial charge >= 0.3 is 6.09 Å². The third-order valence-corrected chi connectivity index (χ3v) is 4.37. The van der Waals surface area contributed by atoms with Gasteiger partial charge in [-0.2, -0.15) is 0 Å². The number of piperidine rings is 1. The zero-order valence-electron chi connectivity index (χ0n) is 11.5. The third-order valence-electron chi connectivity index (χ3n) is 4.37. The Morgan fingerprint density at radius 2 is 2.05 bits per heavy atom. The molecule has 1 heterocycles. The van der Waals surface area contributed by atoms with Crippen LogP contribution in [-0.4, -0.2) is 29.9 Å². The lowest BCUT2D eigenvalue weighted by atomic mass is 9.88. The monoisotopic (exact) mass is 273 g/mol. The number of Topliss-reactive ketones (excluding diaryl/α,β-unsaturated/α-hetero) is 1. The van der Waals surface area contributed by atoms with E-state index in [1.807, 2.05) is 30.3 Å². The Bertz CT molecular complexity index is 500. The van der Waals surface area contributed by atoms with Crippen LogP contribution in [0.3, 0.4) is 0 Å². The Balaban J connectivity index is 1.52. The normalized spacial score (nSPS) is 25.4. The van der Waals surface area contributed by atoms with Crippen LogP contribution in [0.2, 0.25) is 0 Å². The number of rotatable bonds is 2. The molecule has 20 heavy (non-hydrogen) atoms. The maximum atomic E-state index is 12.1. The highest BCUT2D eigenvalue weighted by Gasteiger charge is 2.40. The molecule has 1 aliphatic heterocycles. The van der Waals surface area contributed by atoms with Gasteiger partial charge < -0.3 is 9.64 Å². The van der Waals surface area contributed by atoms with Crippen LogP contribution < -0.4 is 0 Å². The van der Waals surface area contributed by atoms with Crippen molar-refractivity contribution in [2.75, 3.05) is 13.1 Å². The van der Waals surface area contributed by atoms with Crippen LogP contribution in [0, 0.1) is 11.8 Å². The number of carbonyl (C=O) groups excluding carboxylic acids is 2. The molecule has 0 bridgehead atoms. The minimum absolute atomic E-state index is 0.188.